The molecule has 0 saturated carbocycles. The number of hydrogen-bond acceptors (Lipinski definition) is 7. The Bertz CT molecular complexity index is 883. The normalized spacial score (nSPS) is 15.0. The van der Waals surface area contributed by atoms with Gasteiger partial charge >= 0.3 is 0 Å². The number of rotatable bonds is 5. The minimum atomic E-state index is -0.420. The van der Waals surface area contributed by atoms with E-state index in [0.717, 1.165) is 54.6 Å². The smallest absolute Gasteiger partial charge is 0.225 e. The number of hydrogen-bond donors (Lipinski definition) is 1. The maximum Gasteiger partial charge on any atom is 0.225 e. The molecule has 27 heavy (non-hydrogen) atoms. The summed E-state index contributed by atoms with van der Waals surface area (Å²) in [6, 6.07) is 4.63. The molecule has 2 aromatic heterocycles. The molecule has 1 fully saturated rings. The molecule has 3 heterocycles. The van der Waals surface area contributed by atoms with Crippen LogP contribution in [0.1, 0.15) is 0 Å². The number of aromatic nitrogens is 3. The molecule has 144 valence electrons. The molecule has 0 aliphatic carbocycles. The van der Waals surface area contributed by atoms with E-state index in [-0.39, 0.29) is 22.8 Å². The molecule has 6 nitrogen and oxygen atoms in total. The van der Waals surface area contributed by atoms with Crippen LogP contribution in [0.15, 0.2) is 30.6 Å². The molecule has 0 unspecified atom stereocenters. The summed E-state index contributed by atoms with van der Waals surface area (Å²) in [6.07, 6.45) is 2.39. The fourth-order valence-corrected chi connectivity index (χ4v) is 3.85. The molecule has 1 saturated heterocycles. The first-order chi connectivity index (χ1) is 12.7. The van der Waals surface area contributed by atoms with Crippen LogP contribution in [0.5, 0.6) is 0 Å². The highest BCUT2D eigenvalue weighted by Gasteiger charge is 2.18. The van der Waals surface area contributed by atoms with E-state index in [9.17, 15) is 8.78 Å². The second kappa shape index (κ2) is 8.85. The summed E-state index contributed by atoms with van der Waals surface area (Å²) in [5, 5.41) is 4.12. The summed E-state index contributed by atoms with van der Waals surface area (Å²) in [4.78, 5) is 16.9. The molecule has 1 aliphatic heterocycles. The summed E-state index contributed by atoms with van der Waals surface area (Å²) in [6.45, 7) is 5.08. The number of nitrogens with zero attached hydrogens (tertiary/aromatic N) is 5. The highest BCUT2D eigenvalue weighted by atomic mass is 79.9. The van der Waals surface area contributed by atoms with Crippen molar-refractivity contribution in [1.82, 2.24) is 19.9 Å². The van der Waals surface area contributed by atoms with Gasteiger partial charge in [-0.3, -0.25) is 4.90 Å². The van der Waals surface area contributed by atoms with Gasteiger partial charge in [0.2, 0.25) is 5.95 Å². The highest BCUT2D eigenvalue weighted by molar-refractivity contribution is 8.93. The number of halogens is 3. The second-order valence-corrected chi connectivity index (χ2v) is 7.12. The van der Waals surface area contributed by atoms with Crippen LogP contribution < -0.4 is 10.2 Å². The fourth-order valence-electron chi connectivity index (χ4n) is 2.94. The summed E-state index contributed by atoms with van der Waals surface area (Å²) in [5.41, 5.74) is 0.812. The molecule has 1 aromatic carbocycles. The van der Waals surface area contributed by atoms with Gasteiger partial charge in [0.15, 0.2) is 10.9 Å². The lowest BCUT2D eigenvalue weighted by molar-refractivity contribution is 0.266. The van der Waals surface area contributed by atoms with Crippen LogP contribution in [0.25, 0.3) is 10.2 Å². The van der Waals surface area contributed by atoms with E-state index in [4.69, 9.17) is 0 Å². The lowest BCUT2D eigenvalue weighted by atomic mass is 10.3. The summed E-state index contributed by atoms with van der Waals surface area (Å²) < 4.78 is 27.0. The SMILES string of the molecule is Br.Fc1cnc(N2CCN(CCNc3nc4ccc(F)cc4s3)CC2)nc1. The van der Waals surface area contributed by atoms with Gasteiger partial charge in [-0.1, -0.05) is 11.3 Å². The second-order valence-electron chi connectivity index (χ2n) is 6.09. The van der Waals surface area contributed by atoms with Crippen molar-refractivity contribution in [3.63, 3.8) is 0 Å². The monoisotopic (exact) mass is 456 g/mol. The molecule has 0 atom stereocenters. The average molecular weight is 457 g/mol. The van der Waals surface area contributed by atoms with E-state index >= 15 is 0 Å². The van der Waals surface area contributed by atoms with E-state index in [2.05, 4.69) is 30.1 Å². The van der Waals surface area contributed by atoms with Gasteiger partial charge in [-0.25, -0.2) is 23.7 Å². The number of fused-ring (bicyclic) bond motifs is 1. The van der Waals surface area contributed by atoms with Crippen molar-refractivity contribution >= 4 is 49.6 Å². The Balaban J connectivity index is 0.00000210. The van der Waals surface area contributed by atoms with E-state index in [1.165, 1.54) is 35.9 Å². The summed E-state index contributed by atoms with van der Waals surface area (Å²) in [5.74, 6) is -0.0855. The highest BCUT2D eigenvalue weighted by Crippen LogP contribution is 2.26. The first-order valence-electron chi connectivity index (χ1n) is 8.42. The Morgan fingerprint density at radius 2 is 1.78 bits per heavy atom. The van der Waals surface area contributed by atoms with Gasteiger partial charge in [-0.2, -0.15) is 0 Å². The maximum atomic E-state index is 13.2. The lowest BCUT2D eigenvalue weighted by Crippen LogP contribution is -2.48. The minimum Gasteiger partial charge on any atom is -0.360 e. The molecule has 1 aliphatic rings. The molecule has 10 heteroatoms. The molecule has 4 rings (SSSR count). The Labute approximate surface area is 170 Å². The fraction of sp³-hybridized carbons (Fsp3) is 0.353. The Hall–Kier alpha value is -1.91. The first-order valence-corrected chi connectivity index (χ1v) is 9.24. The minimum absolute atomic E-state index is 0. The number of thiazole rings is 1. The molecular weight excluding hydrogens is 438 g/mol. The summed E-state index contributed by atoms with van der Waals surface area (Å²) in [7, 11) is 0. The van der Waals surface area contributed by atoms with Crippen LogP contribution >= 0.6 is 28.3 Å². The van der Waals surface area contributed by atoms with Crippen molar-refractivity contribution in [2.45, 2.75) is 0 Å². The molecule has 0 amide bonds. The number of piperazine rings is 1. The molecular formula is C17H19BrF2N6S. The standard InChI is InChI=1S/C17H18F2N6S.BrH/c18-12-1-2-14-15(9-12)26-17(23-14)20-3-4-24-5-7-25(8-6-24)16-21-10-13(19)11-22-16;/h1-2,9-11H,3-8H2,(H,20,23);1H. The van der Waals surface area contributed by atoms with Crippen molar-refractivity contribution in [3.05, 3.63) is 42.2 Å². The van der Waals surface area contributed by atoms with E-state index in [0.29, 0.717) is 5.95 Å². The van der Waals surface area contributed by atoms with Crippen LogP contribution in [-0.4, -0.2) is 59.1 Å². The molecule has 3 aromatic rings. The molecule has 0 bridgehead atoms. The van der Waals surface area contributed by atoms with Crippen molar-refractivity contribution in [2.24, 2.45) is 0 Å². The average Bonchev–Trinajstić information content (AvgIpc) is 3.05. The van der Waals surface area contributed by atoms with Gasteiger partial charge in [-0.05, 0) is 18.2 Å². The van der Waals surface area contributed by atoms with Crippen molar-refractivity contribution in [3.8, 4) is 0 Å². The quantitative estimate of drug-likeness (QED) is 0.636. The number of anilines is 2. The van der Waals surface area contributed by atoms with Crippen LogP contribution in [0.4, 0.5) is 19.9 Å². The lowest BCUT2D eigenvalue weighted by Gasteiger charge is -2.34. The number of nitrogens with one attached hydrogen (secondary N) is 1. The van der Waals surface area contributed by atoms with Gasteiger partial charge in [-0.15, -0.1) is 17.0 Å². The zero-order valence-corrected chi connectivity index (χ0v) is 17.0. The van der Waals surface area contributed by atoms with Crippen LogP contribution in [0.2, 0.25) is 0 Å². The third kappa shape index (κ3) is 4.88. The Morgan fingerprint density at radius 1 is 1.04 bits per heavy atom. The van der Waals surface area contributed by atoms with Crippen molar-refractivity contribution in [2.75, 3.05) is 49.5 Å². The predicted octanol–water partition coefficient (Wildman–Crippen LogP) is 3.18. The van der Waals surface area contributed by atoms with Crippen molar-refractivity contribution < 1.29 is 8.78 Å². The first kappa shape index (κ1) is 19.8. The van der Waals surface area contributed by atoms with Crippen LogP contribution in [0.3, 0.4) is 0 Å². The van der Waals surface area contributed by atoms with Gasteiger partial charge in [0.1, 0.15) is 5.82 Å². The zero-order valence-electron chi connectivity index (χ0n) is 14.4. The van der Waals surface area contributed by atoms with Gasteiger partial charge in [0, 0.05) is 39.3 Å². The number of benzene rings is 1. The van der Waals surface area contributed by atoms with Crippen molar-refractivity contribution in [1.29, 1.82) is 0 Å². The third-order valence-corrected chi connectivity index (χ3v) is 5.29. The molecule has 0 radical (unpaired) electrons. The van der Waals surface area contributed by atoms with Crippen LogP contribution in [-0.2, 0) is 0 Å². The molecule has 0 spiro atoms. The largest absolute Gasteiger partial charge is 0.360 e. The zero-order chi connectivity index (χ0) is 17.9. The van der Waals surface area contributed by atoms with Gasteiger partial charge < -0.3 is 10.2 Å². The molecule has 1 N–H and O–H groups in total. The van der Waals surface area contributed by atoms with Gasteiger partial charge in [0.05, 0.1) is 22.6 Å². The topological polar surface area (TPSA) is 57.2 Å². The van der Waals surface area contributed by atoms with Crippen LogP contribution in [0, 0.1) is 11.6 Å². The van der Waals surface area contributed by atoms with E-state index in [1.54, 1.807) is 6.07 Å². The third-order valence-electron chi connectivity index (χ3n) is 4.32. The van der Waals surface area contributed by atoms with Gasteiger partial charge in [0.25, 0.3) is 0 Å². The maximum absolute atomic E-state index is 13.2. The Morgan fingerprint density at radius 3 is 2.52 bits per heavy atom. The predicted molar refractivity (Wildman–Crippen MR) is 109 cm³/mol. The summed E-state index contributed by atoms with van der Waals surface area (Å²) >= 11 is 1.46. The Kier molecular flexibility index (Phi) is 6.51. The van der Waals surface area contributed by atoms with E-state index < -0.39 is 5.82 Å². The van der Waals surface area contributed by atoms with E-state index in [1.807, 2.05) is 0 Å².